The largest absolute Gasteiger partial charge is 0.481 e. The van der Waals surface area contributed by atoms with Gasteiger partial charge in [-0.2, -0.15) is 0 Å². The Labute approximate surface area is 137 Å². The first-order valence-electron chi connectivity index (χ1n) is 9.34. The van der Waals surface area contributed by atoms with Gasteiger partial charge in [-0.15, -0.1) is 0 Å². The number of nitrogens with two attached hydrogens (primary N) is 1. The Balaban J connectivity index is 3.07. The van der Waals surface area contributed by atoms with Crippen LogP contribution in [0.25, 0.3) is 0 Å². The number of hydrogen-bond donors (Lipinski definition) is 2. The Bertz CT molecular complexity index is 264. The number of allylic oxidation sites excluding steroid dienone is 2. The van der Waals surface area contributed by atoms with Crippen LogP contribution in [0.5, 0.6) is 0 Å². The van der Waals surface area contributed by atoms with E-state index in [1.807, 2.05) is 0 Å². The lowest BCUT2D eigenvalue weighted by molar-refractivity contribution is -0.137. The maximum Gasteiger partial charge on any atom is 0.303 e. The molecule has 0 aromatic carbocycles. The highest BCUT2D eigenvalue weighted by molar-refractivity contribution is 5.66. The van der Waals surface area contributed by atoms with Crippen molar-refractivity contribution in [3.63, 3.8) is 0 Å². The van der Waals surface area contributed by atoms with Crippen LogP contribution in [0.2, 0.25) is 0 Å². The maximum atomic E-state index is 10.3. The van der Waals surface area contributed by atoms with E-state index in [1.54, 1.807) is 0 Å². The zero-order valence-corrected chi connectivity index (χ0v) is 14.4. The molecular formula is C19H37NO2. The SMILES string of the molecule is NCCCCCCCC/C=C\CCCCCCCCC(=O)O. The molecule has 130 valence electrons. The summed E-state index contributed by atoms with van der Waals surface area (Å²) < 4.78 is 0. The van der Waals surface area contributed by atoms with Crippen LogP contribution < -0.4 is 5.73 Å². The highest BCUT2D eigenvalue weighted by atomic mass is 16.4. The Kier molecular flexibility index (Phi) is 17.5. The predicted octanol–water partition coefficient (Wildman–Crippen LogP) is 5.44. The molecule has 0 fully saturated rings. The lowest BCUT2D eigenvalue weighted by atomic mass is 10.1. The number of carbonyl (C=O) groups is 1. The molecule has 0 bridgehead atoms. The van der Waals surface area contributed by atoms with Crippen molar-refractivity contribution in [3.05, 3.63) is 12.2 Å². The van der Waals surface area contributed by atoms with Gasteiger partial charge in [-0.3, -0.25) is 4.79 Å². The molecule has 0 spiro atoms. The van der Waals surface area contributed by atoms with Crippen molar-refractivity contribution in [2.45, 2.75) is 96.3 Å². The Hall–Kier alpha value is -0.830. The van der Waals surface area contributed by atoms with E-state index in [0.717, 1.165) is 19.4 Å². The van der Waals surface area contributed by atoms with Gasteiger partial charge in [-0.1, -0.05) is 63.5 Å². The van der Waals surface area contributed by atoms with E-state index in [9.17, 15) is 4.79 Å². The summed E-state index contributed by atoms with van der Waals surface area (Å²) in [4.78, 5) is 10.3. The molecule has 0 amide bonds. The van der Waals surface area contributed by atoms with Gasteiger partial charge < -0.3 is 10.8 Å². The third kappa shape index (κ3) is 19.2. The van der Waals surface area contributed by atoms with Gasteiger partial charge in [0.2, 0.25) is 0 Å². The highest BCUT2D eigenvalue weighted by Crippen LogP contribution is 2.10. The number of aliphatic carboxylic acids is 1. The van der Waals surface area contributed by atoms with Crippen LogP contribution in [0.15, 0.2) is 12.2 Å². The molecule has 0 aliphatic heterocycles. The lowest BCUT2D eigenvalue weighted by Crippen LogP contribution is -1.97. The number of unbranched alkanes of at least 4 members (excludes halogenated alkanes) is 12. The fraction of sp³-hybridized carbons (Fsp3) is 0.842. The molecule has 3 nitrogen and oxygen atoms in total. The fourth-order valence-corrected chi connectivity index (χ4v) is 2.59. The summed E-state index contributed by atoms with van der Waals surface area (Å²) in [6.45, 7) is 0.838. The molecule has 3 heteroatoms. The topological polar surface area (TPSA) is 63.3 Å². The fourth-order valence-electron chi connectivity index (χ4n) is 2.59. The van der Waals surface area contributed by atoms with E-state index in [0.29, 0.717) is 6.42 Å². The van der Waals surface area contributed by atoms with Gasteiger partial charge in [0, 0.05) is 6.42 Å². The zero-order valence-electron chi connectivity index (χ0n) is 14.4. The monoisotopic (exact) mass is 311 g/mol. The van der Waals surface area contributed by atoms with Crippen molar-refractivity contribution >= 4 is 5.97 Å². The molecule has 0 aliphatic rings. The normalized spacial score (nSPS) is 11.3. The van der Waals surface area contributed by atoms with Crippen molar-refractivity contribution in [1.82, 2.24) is 0 Å². The second-order valence-electron chi connectivity index (χ2n) is 6.22. The van der Waals surface area contributed by atoms with Gasteiger partial charge in [0.1, 0.15) is 0 Å². The van der Waals surface area contributed by atoms with Gasteiger partial charge >= 0.3 is 5.97 Å². The Morgan fingerprint density at radius 1 is 0.682 bits per heavy atom. The smallest absolute Gasteiger partial charge is 0.303 e. The average Bonchev–Trinajstić information content (AvgIpc) is 2.50. The summed E-state index contributed by atoms with van der Waals surface area (Å²) in [6.07, 6.45) is 22.2. The third-order valence-electron chi connectivity index (χ3n) is 4.00. The van der Waals surface area contributed by atoms with Gasteiger partial charge in [0.25, 0.3) is 0 Å². The molecule has 0 aromatic rings. The lowest BCUT2D eigenvalue weighted by Gasteiger charge is -2.00. The molecule has 22 heavy (non-hydrogen) atoms. The number of rotatable bonds is 17. The van der Waals surface area contributed by atoms with Crippen molar-refractivity contribution in [2.75, 3.05) is 6.54 Å². The molecule has 0 saturated carbocycles. The van der Waals surface area contributed by atoms with Crippen LogP contribution in [-0.2, 0) is 4.79 Å². The van der Waals surface area contributed by atoms with E-state index >= 15 is 0 Å². The molecule has 0 aliphatic carbocycles. The van der Waals surface area contributed by atoms with Crippen molar-refractivity contribution in [3.8, 4) is 0 Å². The first kappa shape index (κ1) is 21.2. The van der Waals surface area contributed by atoms with Gasteiger partial charge in [0.05, 0.1) is 0 Å². The van der Waals surface area contributed by atoms with E-state index in [1.165, 1.54) is 77.0 Å². The Morgan fingerprint density at radius 2 is 1.09 bits per heavy atom. The number of carboxylic acids is 1. The van der Waals surface area contributed by atoms with Crippen LogP contribution in [-0.4, -0.2) is 17.6 Å². The second kappa shape index (κ2) is 18.2. The standard InChI is InChI=1S/C19H37NO2/c20-18-16-14-12-10-8-6-4-2-1-3-5-7-9-11-13-15-17-19(21)22/h1-2H,3-18,20H2,(H,21,22)/b2-1-. The number of carboxylic acid groups (broad SMARTS) is 1. The van der Waals surface area contributed by atoms with Crippen LogP contribution in [0.3, 0.4) is 0 Å². The highest BCUT2D eigenvalue weighted by Gasteiger charge is 1.96. The summed E-state index contributed by atoms with van der Waals surface area (Å²) in [5, 5.41) is 8.53. The van der Waals surface area contributed by atoms with E-state index in [-0.39, 0.29) is 0 Å². The van der Waals surface area contributed by atoms with E-state index < -0.39 is 5.97 Å². The van der Waals surface area contributed by atoms with E-state index in [2.05, 4.69) is 12.2 Å². The summed E-state index contributed by atoms with van der Waals surface area (Å²) in [5.74, 6) is -0.666. The molecule has 0 radical (unpaired) electrons. The van der Waals surface area contributed by atoms with Crippen LogP contribution in [0.1, 0.15) is 96.3 Å². The molecule has 0 atom stereocenters. The molecular weight excluding hydrogens is 274 g/mol. The van der Waals surface area contributed by atoms with Gasteiger partial charge in [0.15, 0.2) is 0 Å². The molecule has 0 unspecified atom stereocenters. The summed E-state index contributed by atoms with van der Waals surface area (Å²) in [5.41, 5.74) is 5.47. The second-order valence-corrected chi connectivity index (χ2v) is 6.22. The first-order chi connectivity index (χ1) is 10.8. The van der Waals surface area contributed by atoms with Crippen molar-refractivity contribution < 1.29 is 9.90 Å². The van der Waals surface area contributed by atoms with Crippen LogP contribution in [0, 0.1) is 0 Å². The quantitative estimate of drug-likeness (QED) is 0.278. The van der Waals surface area contributed by atoms with Crippen LogP contribution in [0.4, 0.5) is 0 Å². The molecule has 3 N–H and O–H groups in total. The van der Waals surface area contributed by atoms with Crippen molar-refractivity contribution in [2.24, 2.45) is 5.73 Å². The molecule has 0 heterocycles. The third-order valence-corrected chi connectivity index (χ3v) is 4.00. The predicted molar refractivity (Wildman–Crippen MR) is 95.1 cm³/mol. The average molecular weight is 312 g/mol. The van der Waals surface area contributed by atoms with Gasteiger partial charge in [-0.05, 0) is 45.1 Å². The maximum absolute atomic E-state index is 10.3. The van der Waals surface area contributed by atoms with Crippen LogP contribution >= 0.6 is 0 Å². The molecule has 0 saturated heterocycles. The summed E-state index contributed by atoms with van der Waals surface area (Å²) in [7, 11) is 0. The summed E-state index contributed by atoms with van der Waals surface area (Å²) >= 11 is 0. The Morgan fingerprint density at radius 3 is 1.55 bits per heavy atom. The minimum absolute atomic E-state index is 0.329. The summed E-state index contributed by atoms with van der Waals surface area (Å²) in [6, 6.07) is 0. The minimum Gasteiger partial charge on any atom is -0.481 e. The van der Waals surface area contributed by atoms with Crippen molar-refractivity contribution in [1.29, 1.82) is 0 Å². The van der Waals surface area contributed by atoms with Gasteiger partial charge in [-0.25, -0.2) is 0 Å². The minimum atomic E-state index is -0.666. The number of hydrogen-bond acceptors (Lipinski definition) is 2. The zero-order chi connectivity index (χ0) is 16.3. The van der Waals surface area contributed by atoms with E-state index in [4.69, 9.17) is 10.8 Å². The first-order valence-corrected chi connectivity index (χ1v) is 9.34. The molecule has 0 rings (SSSR count). The molecule has 0 aromatic heterocycles.